The molecule has 1 saturated heterocycles. The number of hydrogen-bond acceptors (Lipinski definition) is 2. The quantitative estimate of drug-likeness (QED) is 0.715. The van der Waals surface area contributed by atoms with Gasteiger partial charge in [0.05, 0.1) is 12.7 Å². The van der Waals surface area contributed by atoms with Gasteiger partial charge in [0.2, 0.25) is 0 Å². The molecule has 1 rings (SSSR count). The van der Waals surface area contributed by atoms with E-state index in [9.17, 15) is 0 Å². The molecule has 0 radical (unpaired) electrons. The summed E-state index contributed by atoms with van der Waals surface area (Å²) in [5.74, 6) is 1.65. The van der Waals surface area contributed by atoms with Crippen molar-refractivity contribution in [2.24, 2.45) is 11.8 Å². The van der Waals surface area contributed by atoms with Crippen LogP contribution < -0.4 is 0 Å². The molecule has 0 aromatic rings. The second-order valence-corrected chi connectivity index (χ2v) is 6.07. The second kappa shape index (κ2) is 6.02. The zero-order valence-corrected chi connectivity index (χ0v) is 11.9. The van der Waals surface area contributed by atoms with Crippen molar-refractivity contribution in [3.05, 3.63) is 0 Å². The average Bonchev–Trinajstić information content (AvgIpc) is 2.58. The largest absolute Gasteiger partial charge is 0.377 e. The Labute approximate surface area is 101 Å². The van der Waals surface area contributed by atoms with Crippen LogP contribution in [0.15, 0.2) is 0 Å². The van der Waals surface area contributed by atoms with Crippen molar-refractivity contribution >= 4 is 0 Å². The Balaban J connectivity index is 2.52. The van der Waals surface area contributed by atoms with Gasteiger partial charge in [0.15, 0.2) is 0 Å². The first-order valence-electron chi connectivity index (χ1n) is 6.79. The topological polar surface area (TPSA) is 12.5 Å². The molecule has 0 bridgehead atoms. The minimum Gasteiger partial charge on any atom is -0.377 e. The molecule has 0 aliphatic carbocycles. The van der Waals surface area contributed by atoms with Gasteiger partial charge >= 0.3 is 0 Å². The summed E-state index contributed by atoms with van der Waals surface area (Å²) in [6.45, 7) is 15.7. The molecule has 16 heavy (non-hydrogen) atoms. The minimum absolute atomic E-state index is 0.354. The zero-order valence-electron chi connectivity index (χ0n) is 11.9. The van der Waals surface area contributed by atoms with Crippen LogP contribution in [-0.4, -0.2) is 36.2 Å². The van der Waals surface area contributed by atoms with Crippen molar-refractivity contribution in [2.75, 3.05) is 13.2 Å². The van der Waals surface area contributed by atoms with Crippen LogP contribution in [-0.2, 0) is 4.74 Å². The predicted molar refractivity (Wildman–Crippen MR) is 69.7 cm³/mol. The molecule has 0 aromatic heterocycles. The van der Waals surface area contributed by atoms with Crippen LogP contribution in [0.25, 0.3) is 0 Å². The van der Waals surface area contributed by atoms with Crippen LogP contribution in [0.3, 0.4) is 0 Å². The highest BCUT2D eigenvalue weighted by molar-refractivity contribution is 4.88. The van der Waals surface area contributed by atoms with Gasteiger partial charge in [-0.25, -0.2) is 0 Å². The Morgan fingerprint density at radius 2 is 1.75 bits per heavy atom. The Hall–Kier alpha value is -0.0800. The first kappa shape index (κ1) is 14.0. The highest BCUT2D eigenvalue weighted by Crippen LogP contribution is 2.30. The lowest BCUT2D eigenvalue weighted by Crippen LogP contribution is -2.39. The Bertz CT molecular complexity index is 201. The summed E-state index contributed by atoms with van der Waals surface area (Å²) in [7, 11) is 0. The first-order valence-corrected chi connectivity index (χ1v) is 6.79. The molecular formula is C14H29NO. The maximum Gasteiger partial charge on any atom is 0.0625 e. The second-order valence-electron chi connectivity index (χ2n) is 6.07. The summed E-state index contributed by atoms with van der Waals surface area (Å²) >= 11 is 0. The van der Waals surface area contributed by atoms with Crippen molar-refractivity contribution in [3.63, 3.8) is 0 Å². The predicted octanol–water partition coefficient (Wildman–Crippen LogP) is 3.17. The Morgan fingerprint density at radius 3 is 2.19 bits per heavy atom. The van der Waals surface area contributed by atoms with Gasteiger partial charge in [-0.05, 0) is 46.0 Å². The van der Waals surface area contributed by atoms with Gasteiger partial charge < -0.3 is 4.74 Å². The molecule has 1 aliphatic heterocycles. The van der Waals surface area contributed by atoms with Crippen LogP contribution >= 0.6 is 0 Å². The molecule has 2 heteroatoms. The summed E-state index contributed by atoms with van der Waals surface area (Å²) in [6, 6.07) is 1.28. The molecule has 0 saturated carbocycles. The highest BCUT2D eigenvalue weighted by Gasteiger charge is 2.34. The molecule has 1 fully saturated rings. The summed E-state index contributed by atoms with van der Waals surface area (Å²) in [4.78, 5) is 2.62. The third-order valence-electron chi connectivity index (χ3n) is 3.72. The summed E-state index contributed by atoms with van der Waals surface area (Å²) < 4.78 is 5.79. The van der Waals surface area contributed by atoms with Crippen molar-refractivity contribution in [1.29, 1.82) is 0 Å². The van der Waals surface area contributed by atoms with E-state index in [2.05, 4.69) is 46.4 Å². The maximum absolute atomic E-state index is 5.79. The van der Waals surface area contributed by atoms with E-state index < -0.39 is 0 Å². The van der Waals surface area contributed by atoms with Crippen LogP contribution in [0.2, 0.25) is 0 Å². The maximum atomic E-state index is 5.79. The van der Waals surface area contributed by atoms with Gasteiger partial charge in [-0.1, -0.05) is 13.8 Å². The highest BCUT2D eigenvalue weighted by atomic mass is 16.5. The SMILES string of the molecule is CC(C)OCC1CC(C(C)C)CN1C(C)C. The third-order valence-corrected chi connectivity index (χ3v) is 3.72. The minimum atomic E-state index is 0.354. The number of likely N-dealkylation sites (tertiary alicyclic amines) is 1. The van der Waals surface area contributed by atoms with E-state index in [4.69, 9.17) is 4.74 Å². The molecule has 0 amide bonds. The van der Waals surface area contributed by atoms with Crippen molar-refractivity contribution in [2.45, 2.75) is 66.2 Å². The van der Waals surface area contributed by atoms with Crippen LogP contribution in [0.5, 0.6) is 0 Å². The first-order chi connectivity index (χ1) is 7.41. The van der Waals surface area contributed by atoms with Gasteiger partial charge in [0, 0.05) is 18.6 Å². The summed E-state index contributed by atoms with van der Waals surface area (Å²) in [6.07, 6.45) is 1.66. The lowest BCUT2D eigenvalue weighted by atomic mass is 9.93. The van der Waals surface area contributed by atoms with Gasteiger partial charge in [-0.15, -0.1) is 0 Å². The Kier molecular flexibility index (Phi) is 5.26. The van der Waals surface area contributed by atoms with Crippen LogP contribution in [0, 0.1) is 11.8 Å². The number of hydrogen-bond donors (Lipinski definition) is 0. The van der Waals surface area contributed by atoms with E-state index in [0.29, 0.717) is 18.2 Å². The van der Waals surface area contributed by atoms with E-state index >= 15 is 0 Å². The Morgan fingerprint density at radius 1 is 1.12 bits per heavy atom. The fourth-order valence-electron chi connectivity index (χ4n) is 2.56. The molecular weight excluding hydrogens is 198 g/mol. The normalized spacial score (nSPS) is 27.6. The lowest BCUT2D eigenvalue weighted by molar-refractivity contribution is 0.0299. The molecule has 1 aliphatic rings. The molecule has 2 unspecified atom stereocenters. The molecule has 2 atom stereocenters. The van der Waals surface area contributed by atoms with E-state index in [1.165, 1.54) is 13.0 Å². The summed E-state index contributed by atoms with van der Waals surface area (Å²) in [5, 5.41) is 0. The van der Waals surface area contributed by atoms with Crippen molar-refractivity contribution in [1.82, 2.24) is 4.90 Å². The molecule has 0 aromatic carbocycles. The number of ether oxygens (including phenoxy) is 1. The molecule has 96 valence electrons. The molecule has 0 N–H and O–H groups in total. The summed E-state index contributed by atoms with van der Waals surface area (Å²) in [5.41, 5.74) is 0. The van der Waals surface area contributed by atoms with Crippen molar-refractivity contribution < 1.29 is 4.74 Å². The van der Waals surface area contributed by atoms with E-state index in [0.717, 1.165) is 18.4 Å². The van der Waals surface area contributed by atoms with Crippen LogP contribution in [0.1, 0.15) is 48.0 Å². The number of rotatable bonds is 5. The lowest BCUT2D eigenvalue weighted by Gasteiger charge is -2.28. The standard InChI is InChI=1S/C14H29NO/c1-10(2)13-7-14(9-16-12(5)6)15(8-13)11(3)4/h10-14H,7-9H2,1-6H3. The molecule has 2 nitrogen and oxygen atoms in total. The van der Waals surface area contributed by atoms with E-state index in [1.54, 1.807) is 0 Å². The van der Waals surface area contributed by atoms with Crippen molar-refractivity contribution in [3.8, 4) is 0 Å². The van der Waals surface area contributed by atoms with E-state index in [-0.39, 0.29) is 0 Å². The third kappa shape index (κ3) is 3.74. The van der Waals surface area contributed by atoms with Gasteiger partial charge in [0.25, 0.3) is 0 Å². The van der Waals surface area contributed by atoms with Gasteiger partial charge in [-0.2, -0.15) is 0 Å². The van der Waals surface area contributed by atoms with Gasteiger partial charge in [-0.3, -0.25) is 4.90 Å². The molecule has 0 spiro atoms. The molecule has 1 heterocycles. The number of nitrogens with zero attached hydrogens (tertiary/aromatic N) is 1. The van der Waals surface area contributed by atoms with Crippen LogP contribution in [0.4, 0.5) is 0 Å². The average molecular weight is 227 g/mol. The zero-order chi connectivity index (χ0) is 12.3. The fourth-order valence-corrected chi connectivity index (χ4v) is 2.56. The smallest absolute Gasteiger partial charge is 0.0625 e. The van der Waals surface area contributed by atoms with E-state index in [1.807, 2.05) is 0 Å². The fraction of sp³-hybridized carbons (Fsp3) is 1.00. The monoisotopic (exact) mass is 227 g/mol. The van der Waals surface area contributed by atoms with Gasteiger partial charge in [0.1, 0.15) is 0 Å².